The maximum Gasteiger partial charge on any atom is 0.268 e. The molecule has 0 aliphatic carbocycles. The van der Waals surface area contributed by atoms with Crippen molar-refractivity contribution in [2.45, 2.75) is 43.5 Å². The molecule has 40 heavy (non-hydrogen) atoms. The van der Waals surface area contributed by atoms with Crippen molar-refractivity contribution in [3.63, 3.8) is 0 Å². The molecule has 12 nitrogen and oxygen atoms in total. The first kappa shape index (κ1) is 31.0. The Morgan fingerprint density at radius 3 is 2.48 bits per heavy atom. The summed E-state index contributed by atoms with van der Waals surface area (Å²) in [6.07, 6.45) is -1.41. The van der Waals surface area contributed by atoms with Crippen LogP contribution in [0, 0.1) is 6.92 Å². The van der Waals surface area contributed by atoms with Crippen LogP contribution >= 0.6 is 0 Å². The average Bonchev–Trinajstić information content (AvgIpc) is 2.96. The van der Waals surface area contributed by atoms with Gasteiger partial charge in [0.15, 0.2) is 0 Å². The predicted octanol–water partition coefficient (Wildman–Crippen LogP) is 1.34. The van der Waals surface area contributed by atoms with E-state index in [-0.39, 0.29) is 22.9 Å². The molecule has 0 aliphatic rings. The zero-order valence-electron chi connectivity index (χ0n) is 22.4. The Morgan fingerprint density at radius 2 is 1.77 bits per heavy atom. The number of hydrogen-bond donors (Lipinski definition) is 5. The van der Waals surface area contributed by atoms with Crippen molar-refractivity contribution < 1.29 is 38.3 Å². The van der Waals surface area contributed by atoms with E-state index >= 15 is 0 Å². The lowest BCUT2D eigenvalue weighted by Gasteiger charge is -2.30. The Bertz CT molecular complexity index is 1310. The van der Waals surface area contributed by atoms with Crippen LogP contribution in [0.4, 0.5) is 11.4 Å². The maximum atomic E-state index is 14.0. The maximum absolute atomic E-state index is 14.0. The summed E-state index contributed by atoms with van der Waals surface area (Å²) in [5, 5.41) is 50.7. The van der Waals surface area contributed by atoms with Gasteiger partial charge >= 0.3 is 0 Å². The molecule has 3 aromatic rings. The van der Waals surface area contributed by atoms with Crippen molar-refractivity contribution in [3.05, 3.63) is 66.5 Å². The smallest absolute Gasteiger partial charge is 0.268 e. The van der Waals surface area contributed by atoms with Crippen molar-refractivity contribution in [2.75, 3.05) is 42.5 Å². The molecule has 2 aromatic carbocycles. The second-order valence-corrected chi connectivity index (χ2v) is 10.9. The minimum absolute atomic E-state index is 0.132. The number of ether oxygens (including phenoxy) is 2. The van der Waals surface area contributed by atoms with Gasteiger partial charge in [0.2, 0.25) is 0 Å². The van der Waals surface area contributed by atoms with E-state index in [1.807, 2.05) is 6.92 Å². The summed E-state index contributed by atoms with van der Waals surface area (Å²) < 4.78 is 40.6. The molecule has 218 valence electrons. The molecule has 1 heterocycles. The molecule has 3 rings (SSSR count). The number of nitrogens with zero attached hydrogens (tertiary/aromatic N) is 3. The topological polar surface area (TPSA) is 175 Å². The first-order chi connectivity index (χ1) is 19.2. The Morgan fingerprint density at radius 1 is 1.00 bits per heavy atom. The van der Waals surface area contributed by atoms with Gasteiger partial charge in [-0.05, 0) is 49.2 Å². The number of benzene rings is 2. The fraction of sp³-hybridized carbons (Fsp3) is 0.407. The van der Waals surface area contributed by atoms with Gasteiger partial charge in [-0.15, -0.1) is 0 Å². The van der Waals surface area contributed by atoms with Crippen LogP contribution < -0.4 is 19.1 Å². The summed E-state index contributed by atoms with van der Waals surface area (Å²) in [4.78, 5) is -0.132. The molecule has 0 fully saturated rings. The van der Waals surface area contributed by atoms with Crippen molar-refractivity contribution in [3.8, 4) is 11.5 Å². The molecule has 5 N–H and O–H groups in total. The van der Waals surface area contributed by atoms with Gasteiger partial charge in [0, 0.05) is 12.6 Å². The average molecular weight is 577 g/mol. The van der Waals surface area contributed by atoms with Gasteiger partial charge in [0.25, 0.3) is 10.0 Å². The van der Waals surface area contributed by atoms with Gasteiger partial charge in [0.05, 0.1) is 43.5 Å². The van der Waals surface area contributed by atoms with E-state index in [4.69, 9.17) is 9.47 Å². The summed E-state index contributed by atoms with van der Waals surface area (Å²) in [5.74, 6) is 0.520. The first-order valence-electron chi connectivity index (χ1n) is 12.8. The van der Waals surface area contributed by atoms with Crippen LogP contribution in [0.25, 0.3) is 0 Å². The Hall–Kier alpha value is -3.49. The van der Waals surface area contributed by atoms with Gasteiger partial charge in [0.1, 0.15) is 41.3 Å². The number of sulfonamides is 1. The van der Waals surface area contributed by atoms with E-state index in [9.17, 15) is 28.8 Å². The minimum atomic E-state index is -4.36. The molecule has 1 aromatic heterocycles. The highest BCUT2D eigenvalue weighted by Crippen LogP contribution is 2.33. The molecule has 0 bridgehead atoms. The second-order valence-electron chi connectivity index (χ2n) is 9.05. The largest absolute Gasteiger partial charge is 0.492 e. The molecule has 3 atom stereocenters. The lowest BCUT2D eigenvalue weighted by atomic mass is 10.1. The number of aromatic nitrogens is 2. The zero-order valence-corrected chi connectivity index (χ0v) is 23.2. The lowest BCUT2D eigenvalue weighted by molar-refractivity contribution is -0.0723. The summed E-state index contributed by atoms with van der Waals surface area (Å²) in [5.41, 5.74) is 1.61. The Labute approximate surface area is 233 Å². The number of rotatable bonds is 16. The van der Waals surface area contributed by atoms with Gasteiger partial charge in [-0.3, -0.25) is 4.31 Å². The molecule has 0 aliphatic heterocycles. The fourth-order valence-electron chi connectivity index (χ4n) is 3.81. The van der Waals surface area contributed by atoms with Crippen molar-refractivity contribution >= 4 is 21.4 Å². The van der Waals surface area contributed by atoms with E-state index in [1.54, 1.807) is 49.6 Å². The quantitative estimate of drug-likeness (QED) is 0.156. The predicted molar refractivity (Wildman–Crippen MR) is 149 cm³/mol. The highest BCUT2D eigenvalue weighted by atomic mass is 32.2. The highest BCUT2D eigenvalue weighted by molar-refractivity contribution is 7.93. The molecule has 13 heteroatoms. The minimum Gasteiger partial charge on any atom is -0.492 e. The van der Waals surface area contributed by atoms with E-state index in [0.29, 0.717) is 30.9 Å². The van der Waals surface area contributed by atoms with E-state index in [1.165, 1.54) is 18.2 Å². The zero-order chi connectivity index (χ0) is 29.1. The third-order valence-electron chi connectivity index (χ3n) is 5.82. The number of aliphatic hydroxyl groups excluding tert-OH is 4. The standard InChI is InChI=1S/C27H36N4O8S/c1-3-11-39-25-6-4-5-7-26(25)40(36,37)31(17-23(33)27(35)24(34)18-32)21-13-19(2)14-22(15-21)38-12-10-28-20-8-9-29-30-16-20/h4-9,13-16,23-24,27,32-35H,3,10-12,17-18H2,1-2H3,(H,28,29). The van der Waals surface area contributed by atoms with Gasteiger partial charge in [-0.25, -0.2) is 8.42 Å². The first-order valence-corrected chi connectivity index (χ1v) is 14.3. The van der Waals surface area contributed by atoms with E-state index in [0.717, 1.165) is 9.99 Å². The SMILES string of the molecule is CCCOc1ccccc1S(=O)(=O)N(CC(O)C(O)C(O)CO)c1cc(C)cc(OCCNc2ccnnc2)c1. The molecule has 0 saturated heterocycles. The molecular weight excluding hydrogens is 540 g/mol. The third kappa shape index (κ3) is 8.26. The van der Waals surface area contributed by atoms with E-state index in [2.05, 4.69) is 15.5 Å². The van der Waals surface area contributed by atoms with Crippen LogP contribution in [-0.2, 0) is 10.0 Å². The van der Waals surface area contributed by atoms with Crippen LogP contribution in [0.1, 0.15) is 18.9 Å². The van der Waals surface area contributed by atoms with Gasteiger partial charge < -0.3 is 35.2 Å². The van der Waals surface area contributed by atoms with Crippen molar-refractivity contribution in [2.24, 2.45) is 0 Å². The van der Waals surface area contributed by atoms with E-state index < -0.39 is 41.5 Å². The molecular formula is C27H36N4O8S. The number of aryl methyl sites for hydroxylation is 1. The number of nitrogens with one attached hydrogen (secondary N) is 1. The third-order valence-corrected chi connectivity index (χ3v) is 7.65. The number of hydrogen-bond acceptors (Lipinski definition) is 11. The lowest BCUT2D eigenvalue weighted by Crippen LogP contribution is -2.47. The van der Waals surface area contributed by atoms with Gasteiger partial charge in [-0.1, -0.05) is 19.1 Å². The highest BCUT2D eigenvalue weighted by Gasteiger charge is 2.34. The normalized spacial score (nSPS) is 13.8. The number of para-hydroxylation sites is 1. The molecule has 0 saturated carbocycles. The van der Waals surface area contributed by atoms with Crippen LogP contribution in [0.3, 0.4) is 0 Å². The fourth-order valence-corrected chi connectivity index (χ4v) is 5.41. The molecule has 0 amide bonds. The summed E-state index contributed by atoms with van der Waals surface area (Å²) in [6, 6.07) is 12.7. The van der Waals surface area contributed by atoms with Gasteiger partial charge in [-0.2, -0.15) is 10.2 Å². The summed E-state index contributed by atoms with van der Waals surface area (Å²) in [7, 11) is -4.36. The molecule has 0 radical (unpaired) electrons. The van der Waals surface area contributed by atoms with Crippen LogP contribution in [0.2, 0.25) is 0 Å². The number of anilines is 2. The van der Waals surface area contributed by atoms with Crippen molar-refractivity contribution in [1.82, 2.24) is 10.2 Å². The van der Waals surface area contributed by atoms with Crippen LogP contribution in [0.15, 0.2) is 65.8 Å². The Balaban J connectivity index is 1.93. The van der Waals surface area contributed by atoms with Crippen LogP contribution in [0.5, 0.6) is 11.5 Å². The Kier molecular flexibility index (Phi) is 11.5. The summed E-state index contributed by atoms with van der Waals surface area (Å²) in [6.45, 7) is 3.20. The number of aliphatic hydroxyl groups is 4. The molecule has 3 unspecified atom stereocenters. The second kappa shape index (κ2) is 14.8. The molecule has 0 spiro atoms. The van der Waals surface area contributed by atoms with Crippen molar-refractivity contribution in [1.29, 1.82) is 0 Å². The monoisotopic (exact) mass is 576 g/mol. The van der Waals surface area contributed by atoms with Crippen LogP contribution in [-0.4, -0.2) is 90.3 Å². The summed E-state index contributed by atoms with van der Waals surface area (Å²) >= 11 is 0.